The Morgan fingerprint density at radius 2 is 1.64 bits per heavy atom. The molecule has 0 radical (unpaired) electrons. The van der Waals surface area contributed by atoms with E-state index in [-0.39, 0.29) is 18.5 Å². The van der Waals surface area contributed by atoms with Gasteiger partial charge in [0, 0.05) is 19.0 Å². The van der Waals surface area contributed by atoms with E-state index in [9.17, 15) is 37.9 Å². The molecule has 12 heteroatoms. The number of hydrogen-bond acceptors (Lipinski definition) is 5. The molecule has 0 aromatic carbocycles. The van der Waals surface area contributed by atoms with Crippen LogP contribution >= 0.6 is 0 Å². The molecule has 2 fully saturated rings. The van der Waals surface area contributed by atoms with Gasteiger partial charge in [0.05, 0.1) is 6.04 Å². The van der Waals surface area contributed by atoms with Crippen LogP contribution < -0.4 is 16.0 Å². The van der Waals surface area contributed by atoms with Gasteiger partial charge in [-0.05, 0) is 43.9 Å². The molecule has 2 aliphatic rings. The van der Waals surface area contributed by atoms with Crippen molar-refractivity contribution in [3.8, 4) is 0 Å². The summed E-state index contributed by atoms with van der Waals surface area (Å²) < 4.78 is 27.1. The second kappa shape index (κ2) is 11.5. The van der Waals surface area contributed by atoms with Crippen molar-refractivity contribution < 1.29 is 37.9 Å². The van der Waals surface area contributed by atoms with Gasteiger partial charge in [-0.2, -0.15) is 0 Å². The molecule has 1 saturated carbocycles. The first kappa shape index (κ1) is 29.4. The number of alkyl halides is 2. The molecule has 0 aromatic heterocycles. The van der Waals surface area contributed by atoms with E-state index in [1.54, 1.807) is 20.8 Å². The molecule has 4 amide bonds. The number of carbonyl (C=O) groups is 5. The predicted molar refractivity (Wildman–Crippen MR) is 126 cm³/mol. The number of nitrogens with zero attached hydrogens (tertiary/aromatic N) is 1. The van der Waals surface area contributed by atoms with E-state index < -0.39 is 71.9 Å². The summed E-state index contributed by atoms with van der Waals surface area (Å²) >= 11 is 0. The summed E-state index contributed by atoms with van der Waals surface area (Å²) in [6.45, 7) is 7.77. The number of carbonyl (C=O) groups excluding carboxylic acids is 4. The molecule has 1 saturated heterocycles. The highest BCUT2D eigenvalue weighted by atomic mass is 19.3. The highest BCUT2D eigenvalue weighted by molar-refractivity contribution is 6.38. The number of nitrogens with one attached hydrogen (secondary N) is 3. The zero-order chi connectivity index (χ0) is 27.4. The summed E-state index contributed by atoms with van der Waals surface area (Å²) in [6, 6.07) is -3.78. The minimum atomic E-state index is -3.11. The Morgan fingerprint density at radius 1 is 1.03 bits per heavy atom. The van der Waals surface area contributed by atoms with Gasteiger partial charge in [-0.1, -0.05) is 34.1 Å². The average molecular weight is 517 g/mol. The van der Waals surface area contributed by atoms with Gasteiger partial charge >= 0.3 is 6.09 Å². The molecule has 2 unspecified atom stereocenters. The molecule has 2 rings (SSSR count). The first-order chi connectivity index (χ1) is 16.5. The van der Waals surface area contributed by atoms with Crippen molar-refractivity contribution in [2.45, 2.75) is 103 Å². The summed E-state index contributed by atoms with van der Waals surface area (Å²) in [4.78, 5) is 64.5. The van der Waals surface area contributed by atoms with Crippen LogP contribution in [-0.4, -0.2) is 76.2 Å². The van der Waals surface area contributed by atoms with Crippen molar-refractivity contribution in [2.75, 3.05) is 6.54 Å². The number of rotatable bonds is 11. The number of halogens is 2. The fraction of sp³-hybridized carbons (Fsp3) is 0.792. The Morgan fingerprint density at radius 3 is 2.11 bits per heavy atom. The monoisotopic (exact) mass is 516 g/mol. The smallest absolute Gasteiger partial charge is 0.405 e. The maximum absolute atomic E-state index is 13.6. The predicted octanol–water partition coefficient (Wildman–Crippen LogP) is 2.06. The van der Waals surface area contributed by atoms with Crippen LogP contribution in [0.15, 0.2) is 0 Å². The van der Waals surface area contributed by atoms with Gasteiger partial charge in [-0.3, -0.25) is 19.2 Å². The molecule has 4 N–H and O–H groups in total. The Kier molecular flexibility index (Phi) is 9.41. The second-order valence-corrected chi connectivity index (χ2v) is 11.0. The lowest BCUT2D eigenvalue weighted by molar-refractivity contribution is -0.144. The van der Waals surface area contributed by atoms with E-state index in [0.717, 1.165) is 12.8 Å². The van der Waals surface area contributed by atoms with Gasteiger partial charge in [0.1, 0.15) is 12.1 Å². The zero-order valence-electron chi connectivity index (χ0n) is 21.5. The van der Waals surface area contributed by atoms with Gasteiger partial charge in [0.2, 0.25) is 23.5 Å². The third-order valence-corrected chi connectivity index (χ3v) is 6.62. The number of amides is 4. The SMILES string of the molecule is CCC1CCN(C(=O)[C@@H](NC(=O)O)C(C)(C)C)C1C(=O)N[C@@H](CCC(C)(F)F)C(=O)C(=O)NC1CC1. The van der Waals surface area contributed by atoms with Crippen molar-refractivity contribution in [3.05, 3.63) is 0 Å². The first-order valence-electron chi connectivity index (χ1n) is 12.4. The molecule has 1 heterocycles. The first-order valence-corrected chi connectivity index (χ1v) is 12.4. The lowest BCUT2D eigenvalue weighted by atomic mass is 9.85. The Hall–Kier alpha value is -2.79. The van der Waals surface area contributed by atoms with Gasteiger partial charge in [0.25, 0.3) is 5.91 Å². The molecule has 4 atom stereocenters. The largest absolute Gasteiger partial charge is 0.465 e. The topological polar surface area (TPSA) is 145 Å². The van der Waals surface area contributed by atoms with Crippen LogP contribution in [0.3, 0.4) is 0 Å². The Labute approximate surface area is 209 Å². The molecule has 0 spiro atoms. The van der Waals surface area contributed by atoms with Gasteiger partial charge in [-0.15, -0.1) is 0 Å². The third kappa shape index (κ3) is 8.12. The lowest BCUT2D eigenvalue weighted by Gasteiger charge is -2.36. The van der Waals surface area contributed by atoms with Crippen LogP contribution in [0.1, 0.15) is 73.1 Å². The fourth-order valence-corrected chi connectivity index (χ4v) is 4.39. The number of hydrogen-bond donors (Lipinski definition) is 4. The maximum atomic E-state index is 13.6. The lowest BCUT2D eigenvalue weighted by Crippen LogP contribution is -2.59. The van der Waals surface area contributed by atoms with Crippen LogP contribution in [0.2, 0.25) is 0 Å². The number of Topliss-reactive ketones (excluding diaryl/α,β-unsaturated/α-hetero) is 1. The average Bonchev–Trinajstić information content (AvgIpc) is 3.46. The summed E-state index contributed by atoms with van der Waals surface area (Å²) in [5, 5.41) is 16.4. The van der Waals surface area contributed by atoms with Crippen LogP contribution in [0, 0.1) is 11.3 Å². The highest BCUT2D eigenvalue weighted by Crippen LogP contribution is 2.31. The van der Waals surface area contributed by atoms with Crippen molar-refractivity contribution >= 4 is 29.6 Å². The standard InChI is InChI=1S/C24H38F2N4O6/c1-6-13-10-12-30(21(34)18(23(2,3)4)29-22(35)36)16(13)19(32)28-15(9-11-24(5,25)26)17(31)20(33)27-14-7-8-14/h13-16,18,29H,6-12H2,1-5H3,(H,27,33)(H,28,32)(H,35,36)/t13?,15-,16?,18+/m0/s1. The van der Waals surface area contributed by atoms with E-state index in [0.29, 0.717) is 19.8 Å². The van der Waals surface area contributed by atoms with E-state index in [1.807, 2.05) is 6.92 Å². The summed E-state index contributed by atoms with van der Waals surface area (Å²) in [6.07, 6.45) is -0.128. The quantitative estimate of drug-likeness (QED) is 0.310. The summed E-state index contributed by atoms with van der Waals surface area (Å²) in [5.74, 6) is -6.67. The third-order valence-electron chi connectivity index (χ3n) is 6.62. The summed E-state index contributed by atoms with van der Waals surface area (Å²) in [7, 11) is 0. The Bertz CT molecular complexity index is 866. The minimum absolute atomic E-state index is 0.131. The van der Waals surface area contributed by atoms with Crippen LogP contribution in [0.5, 0.6) is 0 Å². The van der Waals surface area contributed by atoms with Gasteiger partial charge in [-0.25, -0.2) is 13.6 Å². The van der Waals surface area contributed by atoms with Crippen molar-refractivity contribution in [2.24, 2.45) is 11.3 Å². The van der Waals surface area contributed by atoms with Crippen molar-refractivity contribution in [1.29, 1.82) is 0 Å². The van der Waals surface area contributed by atoms with E-state index >= 15 is 0 Å². The number of carboxylic acid groups (broad SMARTS) is 1. The van der Waals surface area contributed by atoms with E-state index in [4.69, 9.17) is 0 Å². The molecule has 0 bridgehead atoms. The summed E-state index contributed by atoms with van der Waals surface area (Å²) in [5.41, 5.74) is -0.799. The number of likely N-dealkylation sites (tertiary alicyclic amines) is 1. The molecule has 10 nitrogen and oxygen atoms in total. The number of ketones is 1. The van der Waals surface area contributed by atoms with Crippen molar-refractivity contribution in [1.82, 2.24) is 20.9 Å². The van der Waals surface area contributed by atoms with E-state index in [2.05, 4.69) is 16.0 Å². The molecule has 36 heavy (non-hydrogen) atoms. The molecule has 204 valence electrons. The van der Waals surface area contributed by atoms with Gasteiger partial charge in [0.15, 0.2) is 0 Å². The molecule has 1 aliphatic carbocycles. The van der Waals surface area contributed by atoms with Crippen LogP contribution in [-0.2, 0) is 19.2 Å². The molecule has 0 aromatic rings. The molecular formula is C24H38F2N4O6. The van der Waals surface area contributed by atoms with Gasteiger partial charge < -0.3 is 26.0 Å². The van der Waals surface area contributed by atoms with Crippen LogP contribution in [0.25, 0.3) is 0 Å². The highest BCUT2D eigenvalue weighted by Gasteiger charge is 2.46. The van der Waals surface area contributed by atoms with Crippen molar-refractivity contribution in [3.63, 3.8) is 0 Å². The fourth-order valence-electron chi connectivity index (χ4n) is 4.39. The Balaban J connectivity index is 2.27. The molecular weight excluding hydrogens is 478 g/mol. The van der Waals surface area contributed by atoms with E-state index in [1.165, 1.54) is 4.90 Å². The normalized spacial score (nSPS) is 21.9. The maximum Gasteiger partial charge on any atom is 0.405 e. The minimum Gasteiger partial charge on any atom is -0.465 e. The van der Waals surface area contributed by atoms with Crippen LogP contribution in [0.4, 0.5) is 13.6 Å². The second-order valence-electron chi connectivity index (χ2n) is 11.0. The zero-order valence-corrected chi connectivity index (χ0v) is 21.5. The molecule has 1 aliphatic heterocycles.